The summed E-state index contributed by atoms with van der Waals surface area (Å²) in [7, 11) is 0. The highest BCUT2D eigenvalue weighted by Crippen LogP contribution is 2.26. The summed E-state index contributed by atoms with van der Waals surface area (Å²) >= 11 is 0. The highest BCUT2D eigenvalue weighted by Gasteiger charge is 2.23. The van der Waals surface area contributed by atoms with Gasteiger partial charge in [-0.25, -0.2) is 0 Å². The predicted octanol–water partition coefficient (Wildman–Crippen LogP) is 4.78. The zero-order valence-corrected chi connectivity index (χ0v) is 15.9. The molecule has 0 atom stereocenters. The third-order valence-electron chi connectivity index (χ3n) is 4.63. The van der Waals surface area contributed by atoms with E-state index < -0.39 is 5.91 Å². The van der Waals surface area contributed by atoms with E-state index in [4.69, 9.17) is 4.42 Å². The Balaban J connectivity index is 2.15. The smallest absolute Gasteiger partial charge is 0.261 e. The number of amides is 1. The first kappa shape index (κ1) is 18.7. The molecule has 0 saturated heterocycles. The van der Waals surface area contributed by atoms with Gasteiger partial charge in [-0.05, 0) is 44.0 Å². The summed E-state index contributed by atoms with van der Waals surface area (Å²) in [6, 6.07) is 12.6. The van der Waals surface area contributed by atoms with Crippen LogP contribution in [-0.4, -0.2) is 10.5 Å². The van der Waals surface area contributed by atoms with Crippen LogP contribution in [0.3, 0.4) is 0 Å². The standard InChI is InChI=1S/C22H24N2O3/c1-4-5-12-24-16(3)14-18(25)20(21(24)19-11-8-13-27-19)22(26)23-17-10-7-6-9-15(17)2/h6-11,13-14H,4-5,12H2,1-3H3,(H,23,26). The number of hydrogen-bond donors (Lipinski definition) is 1. The molecule has 0 spiro atoms. The Labute approximate surface area is 158 Å². The van der Waals surface area contributed by atoms with Crippen LogP contribution < -0.4 is 10.7 Å². The van der Waals surface area contributed by atoms with Gasteiger partial charge in [-0.3, -0.25) is 9.59 Å². The predicted molar refractivity (Wildman–Crippen MR) is 107 cm³/mol. The Morgan fingerprint density at radius 3 is 2.59 bits per heavy atom. The van der Waals surface area contributed by atoms with Gasteiger partial charge in [0.1, 0.15) is 11.3 Å². The second-order valence-electron chi connectivity index (χ2n) is 6.63. The lowest BCUT2D eigenvalue weighted by molar-refractivity contribution is 0.102. The third-order valence-corrected chi connectivity index (χ3v) is 4.63. The molecule has 3 aromatic rings. The van der Waals surface area contributed by atoms with E-state index >= 15 is 0 Å². The molecule has 2 aromatic heterocycles. The van der Waals surface area contributed by atoms with E-state index in [9.17, 15) is 9.59 Å². The van der Waals surface area contributed by atoms with Crippen molar-refractivity contribution >= 4 is 11.6 Å². The van der Waals surface area contributed by atoms with E-state index in [0.29, 0.717) is 23.7 Å². The van der Waals surface area contributed by atoms with Crippen LogP contribution in [0.5, 0.6) is 0 Å². The van der Waals surface area contributed by atoms with Gasteiger partial charge >= 0.3 is 0 Å². The van der Waals surface area contributed by atoms with Gasteiger partial charge < -0.3 is 14.3 Å². The molecule has 0 saturated carbocycles. The van der Waals surface area contributed by atoms with Crippen molar-refractivity contribution in [1.29, 1.82) is 0 Å². The molecular formula is C22H24N2O3. The van der Waals surface area contributed by atoms with Gasteiger partial charge in [-0.15, -0.1) is 0 Å². The Bertz CT molecular complexity index is 1000. The minimum atomic E-state index is -0.425. The minimum absolute atomic E-state index is 0.106. The first-order valence-corrected chi connectivity index (χ1v) is 9.18. The Hall–Kier alpha value is -3.08. The first-order chi connectivity index (χ1) is 13.0. The van der Waals surface area contributed by atoms with E-state index in [-0.39, 0.29) is 11.0 Å². The number of carbonyl (C=O) groups excluding carboxylic acids is 1. The van der Waals surface area contributed by atoms with Crippen molar-refractivity contribution in [2.45, 2.75) is 40.2 Å². The van der Waals surface area contributed by atoms with Crippen molar-refractivity contribution in [3.05, 3.63) is 75.8 Å². The Kier molecular flexibility index (Phi) is 5.60. The first-order valence-electron chi connectivity index (χ1n) is 9.18. The molecule has 1 aromatic carbocycles. The number of benzene rings is 1. The fraction of sp³-hybridized carbons (Fsp3) is 0.273. The lowest BCUT2D eigenvalue weighted by Gasteiger charge is -2.19. The van der Waals surface area contributed by atoms with Crippen LogP contribution >= 0.6 is 0 Å². The number of pyridine rings is 1. The van der Waals surface area contributed by atoms with Gasteiger partial charge in [0.25, 0.3) is 5.91 Å². The molecule has 0 aliphatic carbocycles. The van der Waals surface area contributed by atoms with Crippen LogP contribution in [0, 0.1) is 13.8 Å². The molecule has 140 valence electrons. The average molecular weight is 364 g/mol. The SMILES string of the molecule is CCCCn1c(C)cc(=O)c(C(=O)Nc2ccccc2C)c1-c1ccco1. The van der Waals surface area contributed by atoms with Crippen LogP contribution in [0.15, 0.2) is 57.9 Å². The summed E-state index contributed by atoms with van der Waals surface area (Å²) in [4.78, 5) is 25.9. The van der Waals surface area contributed by atoms with Crippen LogP contribution in [0.2, 0.25) is 0 Å². The molecule has 27 heavy (non-hydrogen) atoms. The molecule has 3 rings (SSSR count). The molecule has 0 aliphatic rings. The van der Waals surface area contributed by atoms with Crippen LogP contribution in [0.4, 0.5) is 5.69 Å². The molecule has 0 unspecified atom stereocenters. The number of aromatic nitrogens is 1. The highest BCUT2D eigenvalue weighted by atomic mass is 16.3. The summed E-state index contributed by atoms with van der Waals surface area (Å²) in [5.41, 5.74) is 2.77. The number of carbonyl (C=O) groups is 1. The van der Waals surface area contributed by atoms with E-state index in [2.05, 4.69) is 12.2 Å². The van der Waals surface area contributed by atoms with Crippen molar-refractivity contribution in [3.63, 3.8) is 0 Å². The molecule has 2 heterocycles. The van der Waals surface area contributed by atoms with Gasteiger partial charge in [0.15, 0.2) is 11.2 Å². The Morgan fingerprint density at radius 2 is 1.93 bits per heavy atom. The second-order valence-corrected chi connectivity index (χ2v) is 6.63. The lowest BCUT2D eigenvalue weighted by Crippen LogP contribution is -2.27. The highest BCUT2D eigenvalue weighted by molar-refractivity contribution is 6.08. The monoisotopic (exact) mass is 364 g/mol. The van der Waals surface area contributed by atoms with E-state index in [1.165, 1.54) is 6.07 Å². The molecule has 5 nitrogen and oxygen atoms in total. The maximum atomic E-state index is 13.1. The maximum absolute atomic E-state index is 13.1. The molecule has 5 heteroatoms. The number of nitrogens with one attached hydrogen (secondary N) is 1. The summed E-state index contributed by atoms with van der Waals surface area (Å²) in [6.45, 7) is 6.61. The molecule has 0 fully saturated rings. The normalized spacial score (nSPS) is 10.8. The van der Waals surface area contributed by atoms with Crippen molar-refractivity contribution in [3.8, 4) is 11.5 Å². The van der Waals surface area contributed by atoms with E-state index in [0.717, 1.165) is 24.1 Å². The molecule has 1 N–H and O–H groups in total. The molecule has 0 aliphatic heterocycles. The van der Waals surface area contributed by atoms with Crippen molar-refractivity contribution in [2.75, 3.05) is 5.32 Å². The number of furan rings is 1. The summed E-state index contributed by atoms with van der Waals surface area (Å²) < 4.78 is 7.57. The molecule has 0 radical (unpaired) electrons. The number of rotatable bonds is 6. The quantitative estimate of drug-likeness (QED) is 0.685. The van der Waals surface area contributed by atoms with Gasteiger partial charge in [0, 0.05) is 24.0 Å². The number of nitrogens with zero attached hydrogens (tertiary/aromatic N) is 1. The number of hydrogen-bond acceptors (Lipinski definition) is 3. The van der Waals surface area contributed by atoms with E-state index in [1.54, 1.807) is 18.4 Å². The van der Waals surface area contributed by atoms with Gasteiger partial charge in [-0.2, -0.15) is 0 Å². The summed E-state index contributed by atoms with van der Waals surface area (Å²) in [5.74, 6) is 0.0905. The topological polar surface area (TPSA) is 64.2 Å². The fourth-order valence-corrected chi connectivity index (χ4v) is 3.16. The zero-order chi connectivity index (χ0) is 19.4. The number of para-hydroxylation sites is 1. The van der Waals surface area contributed by atoms with Gasteiger partial charge in [0.2, 0.25) is 0 Å². The average Bonchev–Trinajstić information content (AvgIpc) is 3.16. The third kappa shape index (κ3) is 3.87. The number of anilines is 1. The molecule has 1 amide bonds. The van der Waals surface area contributed by atoms with Gasteiger partial charge in [0.05, 0.1) is 6.26 Å². The second kappa shape index (κ2) is 8.08. The zero-order valence-electron chi connectivity index (χ0n) is 15.9. The van der Waals surface area contributed by atoms with Crippen molar-refractivity contribution < 1.29 is 9.21 Å². The fourth-order valence-electron chi connectivity index (χ4n) is 3.16. The molecular weight excluding hydrogens is 340 g/mol. The van der Waals surface area contributed by atoms with Crippen LogP contribution in [0.25, 0.3) is 11.5 Å². The van der Waals surface area contributed by atoms with Crippen molar-refractivity contribution in [2.24, 2.45) is 0 Å². The summed E-state index contributed by atoms with van der Waals surface area (Å²) in [5, 5.41) is 2.88. The Morgan fingerprint density at radius 1 is 1.15 bits per heavy atom. The molecule has 0 bridgehead atoms. The van der Waals surface area contributed by atoms with Gasteiger partial charge in [-0.1, -0.05) is 31.5 Å². The minimum Gasteiger partial charge on any atom is -0.463 e. The number of aryl methyl sites for hydroxylation is 2. The van der Waals surface area contributed by atoms with Crippen LogP contribution in [0.1, 0.15) is 41.4 Å². The maximum Gasteiger partial charge on any atom is 0.261 e. The number of unbranched alkanes of at least 4 members (excludes halogenated alkanes) is 1. The largest absolute Gasteiger partial charge is 0.463 e. The lowest BCUT2D eigenvalue weighted by atomic mass is 10.1. The van der Waals surface area contributed by atoms with Crippen molar-refractivity contribution in [1.82, 2.24) is 4.57 Å². The van der Waals surface area contributed by atoms with Crippen LogP contribution in [-0.2, 0) is 6.54 Å². The van der Waals surface area contributed by atoms with E-state index in [1.807, 2.05) is 42.7 Å². The summed E-state index contributed by atoms with van der Waals surface area (Å²) in [6.07, 6.45) is 3.50.